The summed E-state index contributed by atoms with van der Waals surface area (Å²) in [5.41, 5.74) is 9.07. The lowest BCUT2D eigenvalue weighted by molar-refractivity contribution is 0.622. The Morgan fingerprint density at radius 1 is 0.207 bits per heavy atom. The highest BCUT2D eigenvalue weighted by molar-refractivity contribution is 6.94. The van der Waals surface area contributed by atoms with Crippen LogP contribution < -0.4 is 31.1 Å². The zero-order chi connectivity index (χ0) is 68.1. The third kappa shape index (κ3) is 29.6. The van der Waals surface area contributed by atoms with E-state index in [9.17, 15) is 0 Å². The van der Waals surface area contributed by atoms with E-state index in [0.717, 1.165) is 0 Å². The fourth-order valence-corrected chi connectivity index (χ4v) is 32.9. The lowest BCUT2D eigenvalue weighted by Gasteiger charge is -2.32. The van der Waals surface area contributed by atoms with E-state index < -0.39 is 48.4 Å². The largest absolute Gasteiger partial charge is 0.0985 e. The molecule has 0 aromatic heterocycles. The Bertz CT molecular complexity index is 2410. The van der Waals surface area contributed by atoms with Crippen molar-refractivity contribution in [2.24, 2.45) is 0 Å². The van der Waals surface area contributed by atoms with Gasteiger partial charge in [0, 0.05) is 0 Å². The quantitative estimate of drug-likeness (QED) is 0.0300. The molecule has 0 saturated carbocycles. The molecule has 0 amide bonds. The first-order valence-electron chi connectivity index (χ1n) is 40.0. The molecule has 0 nitrogen and oxygen atoms in total. The first kappa shape index (κ1) is 84.1. The lowest BCUT2D eigenvalue weighted by Crippen LogP contribution is -2.48. The number of benzene rings is 3. The summed E-state index contributed by atoms with van der Waals surface area (Å²) in [6, 6.07) is 24.8. The Kier molecular flexibility index (Phi) is 40.9. The van der Waals surface area contributed by atoms with Crippen molar-refractivity contribution in [1.29, 1.82) is 0 Å². The molecule has 3 aromatic rings. The minimum Gasteiger partial charge on any atom is -0.0985 e. The normalized spacial score (nSPS) is 13.0. The molecule has 3 rings (SSSR count). The highest BCUT2D eigenvalue weighted by Crippen LogP contribution is 2.30. The second kappa shape index (κ2) is 44.8. The first-order valence-corrected chi connectivity index (χ1v) is 59.3. The third-order valence-corrected chi connectivity index (χ3v) is 43.3. The summed E-state index contributed by atoms with van der Waals surface area (Å²) in [5, 5.41) is 10.0. The molecule has 0 bridgehead atoms. The maximum Gasteiger partial charge on any atom is 0.0814 e. The summed E-state index contributed by atoms with van der Waals surface area (Å²) in [5.74, 6) is 0. The summed E-state index contributed by atoms with van der Waals surface area (Å²) >= 11 is 0. The molecule has 0 fully saturated rings. The van der Waals surface area contributed by atoms with Gasteiger partial charge in [-0.15, -0.1) is 0 Å². The van der Waals surface area contributed by atoms with Crippen LogP contribution in [0.5, 0.6) is 0 Å². The predicted molar refractivity (Wildman–Crippen MR) is 449 cm³/mol. The summed E-state index contributed by atoms with van der Waals surface area (Å²) in [6.07, 6.45) is 64.5. The van der Waals surface area contributed by atoms with E-state index in [1.807, 2.05) is 0 Å². The first-order chi connectivity index (χ1) is 43.9. The van der Waals surface area contributed by atoms with Crippen molar-refractivity contribution in [3.05, 3.63) is 82.9 Å². The van der Waals surface area contributed by atoms with Gasteiger partial charge in [-0.2, -0.15) is 0 Å². The molecule has 92 heavy (non-hydrogen) atoms. The Labute approximate surface area is 582 Å². The fourth-order valence-electron chi connectivity index (χ4n) is 15.6. The molecule has 0 atom stereocenters. The summed E-state index contributed by atoms with van der Waals surface area (Å²) < 4.78 is 0. The third-order valence-electron chi connectivity index (χ3n) is 22.3. The van der Waals surface area contributed by atoms with Gasteiger partial charge in [0.1, 0.15) is 0 Å². The molecule has 0 saturated heterocycles. The number of hydrogen-bond acceptors (Lipinski definition) is 0. The van der Waals surface area contributed by atoms with Crippen LogP contribution in [0.1, 0.15) is 306 Å². The highest BCUT2D eigenvalue weighted by Gasteiger charge is 2.35. The molecule has 522 valence electrons. The Balaban J connectivity index is 2.55. The van der Waals surface area contributed by atoms with Crippen LogP contribution in [0.3, 0.4) is 0 Å². The van der Waals surface area contributed by atoms with Crippen molar-refractivity contribution in [2.45, 2.75) is 388 Å². The molecule has 0 unspecified atom stereocenters. The van der Waals surface area contributed by atoms with Crippen LogP contribution in [0.15, 0.2) is 49.6 Å². The zero-order valence-corrected chi connectivity index (χ0v) is 71.0. The van der Waals surface area contributed by atoms with Crippen molar-refractivity contribution < 1.29 is 0 Å². The van der Waals surface area contributed by atoms with Gasteiger partial charge in [0.2, 0.25) is 0 Å². The molecule has 0 heterocycles. The van der Waals surface area contributed by atoms with Crippen molar-refractivity contribution in [3.8, 4) is 0 Å². The van der Waals surface area contributed by atoms with Crippen molar-refractivity contribution in [3.63, 3.8) is 0 Å². The van der Waals surface area contributed by atoms with Crippen LogP contribution in [-0.2, 0) is 0 Å². The van der Waals surface area contributed by atoms with E-state index in [1.165, 1.54) is 290 Å². The van der Waals surface area contributed by atoms with Crippen molar-refractivity contribution in [1.82, 2.24) is 0 Å². The molecule has 0 aliphatic carbocycles. The van der Waals surface area contributed by atoms with E-state index in [-0.39, 0.29) is 0 Å². The smallest absolute Gasteiger partial charge is 0.0814 e. The second-order valence-corrected chi connectivity index (χ2v) is 62.4. The van der Waals surface area contributed by atoms with E-state index in [0.29, 0.717) is 0 Å². The van der Waals surface area contributed by atoms with Crippen LogP contribution in [0, 0.1) is 0 Å². The Hall–Kier alpha value is -2.08. The number of rotatable bonds is 54. The van der Waals surface area contributed by atoms with E-state index in [4.69, 9.17) is 0 Å². The van der Waals surface area contributed by atoms with Gasteiger partial charge in [0.25, 0.3) is 0 Å². The van der Waals surface area contributed by atoms with Crippen LogP contribution in [-0.4, -0.2) is 48.4 Å². The van der Waals surface area contributed by atoms with Gasteiger partial charge >= 0.3 is 0 Å². The molecule has 0 aliphatic heterocycles. The van der Waals surface area contributed by atoms with Crippen LogP contribution in [0.2, 0.25) is 115 Å². The minimum atomic E-state index is -1.97. The zero-order valence-electron chi connectivity index (χ0n) is 65.0. The summed E-state index contributed by atoms with van der Waals surface area (Å²) in [6.45, 7) is 56.0. The second-order valence-electron chi connectivity index (χ2n) is 33.6. The fraction of sp³-hybridized carbons (Fsp3) is 0.698. The predicted octanol–water partition coefficient (Wildman–Crippen LogP) is 27.0. The molecule has 0 radical (unpaired) electrons. The molecule has 0 N–H and O–H groups in total. The molecular formula is C86H154Si6. The molecule has 3 aromatic carbocycles. The van der Waals surface area contributed by atoms with E-state index in [1.54, 1.807) is 42.2 Å². The lowest BCUT2D eigenvalue weighted by atomic mass is 10.1. The molecule has 0 spiro atoms. The maximum absolute atomic E-state index is 4.59. The van der Waals surface area contributed by atoms with Crippen LogP contribution in [0.25, 0.3) is 36.5 Å². The average molecular weight is 1360 g/mol. The maximum atomic E-state index is 4.59. The van der Waals surface area contributed by atoms with Gasteiger partial charge in [-0.25, -0.2) is 0 Å². The topological polar surface area (TPSA) is 0 Å². The minimum absolute atomic E-state index is 1.31. The van der Waals surface area contributed by atoms with Crippen LogP contribution >= 0.6 is 0 Å². The van der Waals surface area contributed by atoms with Gasteiger partial charge in [-0.05, 0) is 33.4 Å². The summed E-state index contributed by atoms with van der Waals surface area (Å²) in [4.78, 5) is 0. The highest BCUT2D eigenvalue weighted by atomic mass is 28.3. The monoisotopic (exact) mass is 1360 g/mol. The Morgan fingerprint density at radius 2 is 0.337 bits per heavy atom. The van der Waals surface area contributed by atoms with Crippen LogP contribution in [0.4, 0.5) is 0 Å². The van der Waals surface area contributed by atoms with Gasteiger partial charge in [-0.1, -0.05) is 505 Å². The molecular weight excluding hydrogens is 1200 g/mol. The summed E-state index contributed by atoms with van der Waals surface area (Å²) in [7, 11) is -11.2. The molecule has 6 heteroatoms. The van der Waals surface area contributed by atoms with E-state index in [2.05, 4.69) is 206 Å². The Morgan fingerprint density at radius 3 is 0.489 bits per heavy atom. The standard InChI is InChI=1S/C86H154Si6/c1-21-29-35-41-47-53-63-87(9,10)81-71-77(83(69-75(81)27-7)89(13,14)65-55-49-43-37-31-23-3)59-61-79-73-86(92(19,20)68-58-52-46-40-34-26-6)80(74-85(79)91(17,18)67-57-51-45-39-33-25-5)62-60-78-72-82(88(11,12)64-54-48-42-36-30-22-2)76(28-8)70-84(78)90(15,16)66-56-50-44-38-32-24-4/h27-28,59-62,69-74H,7-8,21-26,29-58,63-68H2,1-6,9-20H3/b61-59+,62-60+. The van der Waals surface area contributed by atoms with Gasteiger partial charge in [0.05, 0.1) is 48.4 Å². The SMILES string of the molecule is C=Cc1cc([Si](C)(C)CCCCCCCC)c(/C=C/c2cc([Si](C)(C)CCCCCCCC)c(/C=C/c3cc([Si](C)(C)CCCCCCCC)c(C=C)cc3[Si](C)(C)CCCCCCCC)cc2[Si](C)(C)CCCCCCCC)cc1[Si](C)(C)CCCCCCCC. The number of hydrogen-bond donors (Lipinski definition) is 0. The molecule has 0 aliphatic rings. The van der Waals surface area contributed by atoms with Gasteiger partial charge < -0.3 is 0 Å². The number of unbranched alkanes of at least 4 members (excludes halogenated alkanes) is 30. The van der Waals surface area contributed by atoms with Crippen molar-refractivity contribution >= 4 is 116 Å². The van der Waals surface area contributed by atoms with E-state index >= 15 is 0 Å². The van der Waals surface area contributed by atoms with Gasteiger partial charge in [0.15, 0.2) is 0 Å². The van der Waals surface area contributed by atoms with Crippen molar-refractivity contribution in [2.75, 3.05) is 0 Å². The van der Waals surface area contributed by atoms with Gasteiger partial charge in [-0.3, -0.25) is 0 Å². The average Bonchev–Trinajstić information content (AvgIpc) is 0.782.